The van der Waals surface area contributed by atoms with Gasteiger partial charge in [-0.3, -0.25) is 14.5 Å². The highest BCUT2D eigenvalue weighted by atomic mass is 35.5. The van der Waals surface area contributed by atoms with Crippen LogP contribution in [0.25, 0.3) is 0 Å². The number of benzene rings is 1. The third kappa shape index (κ3) is 4.19. The number of nitrogens with one attached hydrogen (secondary N) is 1. The van der Waals surface area contributed by atoms with E-state index >= 15 is 0 Å². The molecule has 1 aromatic rings. The Bertz CT molecular complexity index is 602. The van der Waals surface area contributed by atoms with Crippen molar-refractivity contribution >= 4 is 23.4 Å². The van der Waals surface area contributed by atoms with Crippen LogP contribution >= 0.6 is 11.6 Å². The summed E-state index contributed by atoms with van der Waals surface area (Å²) >= 11 is 6.06. The summed E-state index contributed by atoms with van der Waals surface area (Å²) in [6, 6.07) is 7.11. The lowest BCUT2D eigenvalue weighted by Crippen LogP contribution is -2.53. The van der Waals surface area contributed by atoms with Crippen LogP contribution in [0.1, 0.15) is 12.8 Å². The Morgan fingerprint density at radius 1 is 1.25 bits per heavy atom. The molecule has 0 aromatic heterocycles. The number of hydrogen-bond donors (Lipinski definition) is 1. The quantitative estimate of drug-likeness (QED) is 0.864. The van der Waals surface area contributed by atoms with E-state index in [4.69, 9.17) is 16.3 Å². The summed E-state index contributed by atoms with van der Waals surface area (Å²) < 4.78 is 5.71. The van der Waals surface area contributed by atoms with E-state index in [1.54, 1.807) is 0 Å². The molecule has 2 aliphatic heterocycles. The lowest BCUT2D eigenvalue weighted by molar-refractivity contribution is -0.136. The minimum absolute atomic E-state index is 0.0243. The molecule has 1 atom stereocenters. The van der Waals surface area contributed by atoms with Gasteiger partial charge in [0, 0.05) is 39.1 Å². The van der Waals surface area contributed by atoms with Gasteiger partial charge in [-0.25, -0.2) is 0 Å². The summed E-state index contributed by atoms with van der Waals surface area (Å²) in [7, 11) is 0. The number of para-hydroxylation sites is 1. The second-order valence-corrected chi connectivity index (χ2v) is 6.51. The molecule has 0 aliphatic carbocycles. The molecule has 2 aliphatic rings. The number of carbonyl (C=O) groups is 2. The molecule has 7 heteroatoms. The molecule has 130 valence electrons. The van der Waals surface area contributed by atoms with Crippen molar-refractivity contribution in [1.82, 2.24) is 15.1 Å². The predicted molar refractivity (Wildman–Crippen MR) is 91.1 cm³/mol. The highest BCUT2D eigenvalue weighted by molar-refractivity contribution is 6.32. The van der Waals surface area contributed by atoms with Gasteiger partial charge < -0.3 is 15.0 Å². The second kappa shape index (κ2) is 7.85. The van der Waals surface area contributed by atoms with Crippen LogP contribution in [-0.2, 0) is 9.59 Å². The molecule has 0 saturated carbocycles. The summed E-state index contributed by atoms with van der Waals surface area (Å²) in [5.74, 6) is 0.724. The fraction of sp³-hybridized carbons (Fsp3) is 0.529. The maximum Gasteiger partial charge on any atom is 0.245 e. The van der Waals surface area contributed by atoms with Crippen molar-refractivity contribution in [2.24, 2.45) is 0 Å². The lowest BCUT2D eigenvalue weighted by atomic mass is 10.2. The van der Waals surface area contributed by atoms with Gasteiger partial charge in [0.25, 0.3) is 0 Å². The SMILES string of the molecule is O=C1CCC(C(=O)N2CCN(CCOc3ccccc3Cl)CC2)N1. The molecular formula is C17H22ClN3O3. The van der Waals surface area contributed by atoms with Crippen LogP contribution in [0.2, 0.25) is 5.02 Å². The maximum atomic E-state index is 12.3. The van der Waals surface area contributed by atoms with E-state index in [9.17, 15) is 9.59 Å². The van der Waals surface area contributed by atoms with Gasteiger partial charge in [-0.1, -0.05) is 23.7 Å². The topological polar surface area (TPSA) is 61.9 Å². The Kier molecular flexibility index (Phi) is 5.58. The molecule has 2 heterocycles. The Morgan fingerprint density at radius 3 is 2.67 bits per heavy atom. The molecule has 0 bridgehead atoms. The van der Waals surface area contributed by atoms with E-state index in [-0.39, 0.29) is 17.9 Å². The third-order valence-electron chi connectivity index (χ3n) is 4.48. The van der Waals surface area contributed by atoms with Crippen molar-refractivity contribution in [3.63, 3.8) is 0 Å². The lowest BCUT2D eigenvalue weighted by Gasteiger charge is -2.35. The maximum absolute atomic E-state index is 12.3. The van der Waals surface area contributed by atoms with Crippen molar-refractivity contribution in [2.75, 3.05) is 39.3 Å². The Morgan fingerprint density at radius 2 is 2.00 bits per heavy atom. The normalized spacial score (nSPS) is 21.6. The molecule has 0 radical (unpaired) electrons. The minimum Gasteiger partial charge on any atom is -0.491 e. The third-order valence-corrected chi connectivity index (χ3v) is 4.79. The Balaban J connectivity index is 1.38. The van der Waals surface area contributed by atoms with Gasteiger partial charge in [0.05, 0.1) is 5.02 Å². The molecule has 2 amide bonds. The molecule has 24 heavy (non-hydrogen) atoms. The number of nitrogens with zero attached hydrogens (tertiary/aromatic N) is 2. The molecule has 0 spiro atoms. The van der Waals surface area contributed by atoms with Gasteiger partial charge in [0.1, 0.15) is 18.4 Å². The van der Waals surface area contributed by atoms with Gasteiger partial charge >= 0.3 is 0 Å². The van der Waals surface area contributed by atoms with Crippen molar-refractivity contribution in [3.8, 4) is 5.75 Å². The first-order valence-electron chi connectivity index (χ1n) is 8.31. The van der Waals surface area contributed by atoms with E-state index in [1.807, 2.05) is 29.2 Å². The molecule has 2 fully saturated rings. The molecular weight excluding hydrogens is 330 g/mol. The number of amides is 2. The molecule has 1 unspecified atom stereocenters. The number of carbonyl (C=O) groups excluding carboxylic acids is 2. The van der Waals surface area contributed by atoms with Gasteiger partial charge in [-0.15, -0.1) is 0 Å². The Labute approximate surface area is 146 Å². The van der Waals surface area contributed by atoms with Gasteiger partial charge in [-0.05, 0) is 18.6 Å². The highest BCUT2D eigenvalue weighted by Crippen LogP contribution is 2.23. The minimum atomic E-state index is -0.326. The van der Waals surface area contributed by atoms with E-state index in [2.05, 4.69) is 10.2 Å². The molecule has 1 aromatic carbocycles. The number of piperazine rings is 1. The average molecular weight is 352 g/mol. The number of halogens is 1. The van der Waals surface area contributed by atoms with Crippen molar-refractivity contribution in [2.45, 2.75) is 18.9 Å². The zero-order chi connectivity index (χ0) is 16.9. The largest absolute Gasteiger partial charge is 0.491 e. The summed E-state index contributed by atoms with van der Waals surface area (Å²) in [5, 5.41) is 3.36. The number of hydrogen-bond acceptors (Lipinski definition) is 4. The van der Waals surface area contributed by atoms with Crippen LogP contribution in [0.3, 0.4) is 0 Å². The van der Waals surface area contributed by atoms with Crippen molar-refractivity contribution in [1.29, 1.82) is 0 Å². The summed E-state index contributed by atoms with van der Waals surface area (Å²) in [4.78, 5) is 27.7. The smallest absolute Gasteiger partial charge is 0.245 e. The summed E-state index contributed by atoms with van der Waals surface area (Å²) in [6.07, 6.45) is 1.07. The van der Waals surface area contributed by atoms with E-state index in [1.165, 1.54) is 0 Å². The van der Waals surface area contributed by atoms with Crippen LogP contribution in [0, 0.1) is 0 Å². The van der Waals surface area contributed by atoms with Gasteiger partial charge in [0.15, 0.2) is 0 Å². The van der Waals surface area contributed by atoms with Crippen LogP contribution in [0.4, 0.5) is 0 Å². The molecule has 2 saturated heterocycles. The number of ether oxygens (including phenoxy) is 1. The first-order chi connectivity index (χ1) is 11.6. The summed E-state index contributed by atoms with van der Waals surface area (Å²) in [6.45, 7) is 4.38. The summed E-state index contributed by atoms with van der Waals surface area (Å²) in [5.41, 5.74) is 0. The fourth-order valence-corrected chi connectivity index (χ4v) is 3.25. The first-order valence-corrected chi connectivity index (χ1v) is 8.69. The van der Waals surface area contributed by atoms with Crippen LogP contribution in [0.5, 0.6) is 5.75 Å². The van der Waals surface area contributed by atoms with E-state index in [0.717, 1.165) is 19.6 Å². The fourth-order valence-electron chi connectivity index (χ4n) is 3.06. The first kappa shape index (κ1) is 17.0. The van der Waals surface area contributed by atoms with E-state index in [0.29, 0.717) is 43.3 Å². The van der Waals surface area contributed by atoms with Crippen molar-refractivity contribution in [3.05, 3.63) is 29.3 Å². The van der Waals surface area contributed by atoms with Crippen LogP contribution in [0.15, 0.2) is 24.3 Å². The standard InChI is InChI=1S/C17H22ClN3O3/c18-13-3-1-2-4-15(13)24-12-11-20-7-9-21(10-8-20)17(23)14-5-6-16(22)19-14/h1-4,14H,5-12H2,(H,19,22). The highest BCUT2D eigenvalue weighted by Gasteiger charge is 2.32. The van der Waals surface area contributed by atoms with Crippen LogP contribution < -0.4 is 10.1 Å². The van der Waals surface area contributed by atoms with Gasteiger partial charge in [-0.2, -0.15) is 0 Å². The Hall–Kier alpha value is -1.79. The van der Waals surface area contributed by atoms with Gasteiger partial charge in [0.2, 0.25) is 11.8 Å². The predicted octanol–water partition coefficient (Wildman–Crippen LogP) is 1.14. The zero-order valence-corrected chi connectivity index (χ0v) is 14.3. The average Bonchev–Trinajstić information content (AvgIpc) is 3.03. The molecule has 1 N–H and O–H groups in total. The molecule has 6 nitrogen and oxygen atoms in total. The monoisotopic (exact) mass is 351 g/mol. The number of rotatable bonds is 5. The zero-order valence-electron chi connectivity index (χ0n) is 13.5. The van der Waals surface area contributed by atoms with Crippen molar-refractivity contribution < 1.29 is 14.3 Å². The van der Waals surface area contributed by atoms with E-state index < -0.39 is 0 Å². The van der Waals surface area contributed by atoms with Crippen LogP contribution in [-0.4, -0.2) is 67.0 Å². The second-order valence-electron chi connectivity index (χ2n) is 6.10. The molecule has 3 rings (SSSR count).